The van der Waals surface area contributed by atoms with Crippen molar-refractivity contribution in [2.75, 3.05) is 18.0 Å². The third-order valence-electron chi connectivity index (χ3n) is 4.58. The fourth-order valence-electron chi connectivity index (χ4n) is 3.51. The van der Waals surface area contributed by atoms with E-state index in [0.29, 0.717) is 17.9 Å². The third-order valence-corrected chi connectivity index (χ3v) is 4.58. The van der Waals surface area contributed by atoms with E-state index in [1.807, 2.05) is 12.1 Å². The van der Waals surface area contributed by atoms with Gasteiger partial charge < -0.3 is 10.6 Å². The molecule has 5 nitrogen and oxygen atoms in total. The molecule has 1 aliphatic carbocycles. The molecule has 0 bridgehead atoms. The standard InChI is InChI=1S/C14H19N3O2/c15-14-3-1-2-10-8-16(9-13(10)14)11-4-6-12(7-5-11)17(18)19/h4-7,10,13-14H,1-3,8-9,15H2. The van der Waals surface area contributed by atoms with Crippen molar-refractivity contribution in [2.24, 2.45) is 17.6 Å². The minimum Gasteiger partial charge on any atom is -0.371 e. The number of fused-ring (bicyclic) bond motifs is 1. The summed E-state index contributed by atoms with van der Waals surface area (Å²) in [6.45, 7) is 2.03. The van der Waals surface area contributed by atoms with Crippen LogP contribution in [-0.2, 0) is 0 Å². The number of hydrogen-bond donors (Lipinski definition) is 1. The summed E-state index contributed by atoms with van der Waals surface area (Å²) in [5.41, 5.74) is 7.43. The molecule has 2 N–H and O–H groups in total. The number of nitro benzene ring substituents is 1. The zero-order chi connectivity index (χ0) is 13.4. The summed E-state index contributed by atoms with van der Waals surface area (Å²) >= 11 is 0. The largest absolute Gasteiger partial charge is 0.371 e. The van der Waals surface area contributed by atoms with Gasteiger partial charge in [-0.05, 0) is 36.8 Å². The van der Waals surface area contributed by atoms with Gasteiger partial charge in [-0.2, -0.15) is 0 Å². The lowest BCUT2D eigenvalue weighted by Gasteiger charge is -2.29. The number of anilines is 1. The summed E-state index contributed by atoms with van der Waals surface area (Å²) in [5.74, 6) is 1.28. The van der Waals surface area contributed by atoms with E-state index in [2.05, 4.69) is 4.90 Å². The molecule has 3 unspecified atom stereocenters. The van der Waals surface area contributed by atoms with Gasteiger partial charge in [-0.25, -0.2) is 0 Å². The minimum absolute atomic E-state index is 0.150. The van der Waals surface area contributed by atoms with E-state index in [9.17, 15) is 10.1 Å². The van der Waals surface area contributed by atoms with Crippen LogP contribution in [0.5, 0.6) is 0 Å². The van der Waals surface area contributed by atoms with Gasteiger partial charge in [0.05, 0.1) is 4.92 Å². The molecule has 3 rings (SSSR count). The van der Waals surface area contributed by atoms with Gasteiger partial charge in [0.25, 0.3) is 5.69 Å². The number of nitro groups is 1. The summed E-state index contributed by atoms with van der Waals surface area (Å²) in [6.07, 6.45) is 3.63. The van der Waals surface area contributed by atoms with Gasteiger partial charge in [0.1, 0.15) is 0 Å². The maximum Gasteiger partial charge on any atom is 0.269 e. The fourth-order valence-corrected chi connectivity index (χ4v) is 3.51. The highest BCUT2D eigenvalue weighted by molar-refractivity contribution is 5.51. The Morgan fingerprint density at radius 3 is 2.58 bits per heavy atom. The number of rotatable bonds is 2. The molecule has 1 aliphatic heterocycles. The van der Waals surface area contributed by atoms with Gasteiger partial charge in [0, 0.05) is 37.0 Å². The van der Waals surface area contributed by atoms with Gasteiger partial charge in [-0.1, -0.05) is 6.42 Å². The molecule has 1 saturated carbocycles. The average Bonchev–Trinajstić information content (AvgIpc) is 2.84. The van der Waals surface area contributed by atoms with E-state index in [-0.39, 0.29) is 10.6 Å². The minimum atomic E-state index is -0.358. The van der Waals surface area contributed by atoms with Crippen LogP contribution >= 0.6 is 0 Å². The van der Waals surface area contributed by atoms with Crippen molar-refractivity contribution >= 4 is 11.4 Å². The molecule has 1 heterocycles. The lowest BCUT2D eigenvalue weighted by atomic mass is 9.78. The molecule has 0 aromatic heterocycles. The first-order valence-electron chi connectivity index (χ1n) is 6.90. The van der Waals surface area contributed by atoms with E-state index in [1.165, 1.54) is 12.8 Å². The molecule has 1 aromatic carbocycles. The second-order valence-electron chi connectivity index (χ2n) is 5.70. The highest BCUT2D eigenvalue weighted by atomic mass is 16.6. The lowest BCUT2D eigenvalue weighted by Crippen LogP contribution is -2.38. The van der Waals surface area contributed by atoms with Gasteiger partial charge >= 0.3 is 0 Å². The number of nitrogens with zero attached hydrogens (tertiary/aromatic N) is 2. The number of nitrogens with two attached hydrogens (primary N) is 1. The molecule has 1 aromatic rings. The van der Waals surface area contributed by atoms with E-state index >= 15 is 0 Å². The quantitative estimate of drug-likeness (QED) is 0.654. The summed E-state index contributed by atoms with van der Waals surface area (Å²) in [7, 11) is 0. The Labute approximate surface area is 112 Å². The number of hydrogen-bond acceptors (Lipinski definition) is 4. The normalized spacial score (nSPS) is 30.2. The molecular formula is C14H19N3O2. The Morgan fingerprint density at radius 1 is 1.21 bits per heavy atom. The van der Waals surface area contributed by atoms with Crippen molar-refractivity contribution in [1.82, 2.24) is 0 Å². The Kier molecular flexibility index (Phi) is 3.14. The molecule has 2 aliphatic rings. The van der Waals surface area contributed by atoms with Crippen LogP contribution in [0.25, 0.3) is 0 Å². The predicted octanol–water partition coefficient (Wildman–Crippen LogP) is 2.16. The fraction of sp³-hybridized carbons (Fsp3) is 0.571. The summed E-state index contributed by atoms with van der Waals surface area (Å²) in [4.78, 5) is 12.6. The summed E-state index contributed by atoms with van der Waals surface area (Å²) in [6, 6.07) is 7.18. The van der Waals surface area contributed by atoms with Gasteiger partial charge in [0.2, 0.25) is 0 Å². The second kappa shape index (κ2) is 4.81. The van der Waals surface area contributed by atoms with Crippen LogP contribution < -0.4 is 10.6 Å². The summed E-state index contributed by atoms with van der Waals surface area (Å²) < 4.78 is 0. The Bertz CT molecular complexity index is 474. The smallest absolute Gasteiger partial charge is 0.269 e. The molecule has 19 heavy (non-hydrogen) atoms. The van der Waals surface area contributed by atoms with Crippen LogP contribution in [0, 0.1) is 22.0 Å². The molecule has 2 fully saturated rings. The molecule has 1 saturated heterocycles. The number of benzene rings is 1. The molecule has 102 valence electrons. The van der Waals surface area contributed by atoms with Crippen molar-refractivity contribution < 1.29 is 4.92 Å². The Balaban J connectivity index is 1.75. The van der Waals surface area contributed by atoms with E-state index in [0.717, 1.165) is 25.2 Å². The van der Waals surface area contributed by atoms with Gasteiger partial charge in [0.15, 0.2) is 0 Å². The van der Waals surface area contributed by atoms with Crippen LogP contribution in [0.2, 0.25) is 0 Å². The van der Waals surface area contributed by atoms with Gasteiger partial charge in [-0.3, -0.25) is 10.1 Å². The monoisotopic (exact) mass is 261 g/mol. The summed E-state index contributed by atoms with van der Waals surface area (Å²) in [5, 5.41) is 10.7. The zero-order valence-electron chi connectivity index (χ0n) is 10.9. The third kappa shape index (κ3) is 2.30. The van der Waals surface area contributed by atoms with E-state index < -0.39 is 0 Å². The second-order valence-corrected chi connectivity index (χ2v) is 5.70. The van der Waals surface area contributed by atoms with E-state index in [1.54, 1.807) is 12.1 Å². The molecular weight excluding hydrogens is 242 g/mol. The zero-order valence-corrected chi connectivity index (χ0v) is 10.9. The first-order chi connectivity index (χ1) is 9.15. The topological polar surface area (TPSA) is 72.4 Å². The van der Waals surface area contributed by atoms with Crippen molar-refractivity contribution in [1.29, 1.82) is 0 Å². The first kappa shape index (κ1) is 12.4. The van der Waals surface area contributed by atoms with Crippen molar-refractivity contribution in [2.45, 2.75) is 25.3 Å². The highest BCUT2D eigenvalue weighted by Crippen LogP contribution is 2.37. The van der Waals surface area contributed by atoms with Crippen molar-refractivity contribution in [3.63, 3.8) is 0 Å². The maximum absolute atomic E-state index is 10.7. The van der Waals surface area contributed by atoms with Crippen LogP contribution in [0.15, 0.2) is 24.3 Å². The Morgan fingerprint density at radius 2 is 1.95 bits per heavy atom. The molecule has 0 radical (unpaired) electrons. The maximum atomic E-state index is 10.7. The predicted molar refractivity (Wildman–Crippen MR) is 74.1 cm³/mol. The Hall–Kier alpha value is -1.62. The molecule has 0 amide bonds. The van der Waals surface area contributed by atoms with Crippen molar-refractivity contribution in [3.05, 3.63) is 34.4 Å². The van der Waals surface area contributed by atoms with Gasteiger partial charge in [-0.15, -0.1) is 0 Å². The van der Waals surface area contributed by atoms with Crippen molar-refractivity contribution in [3.8, 4) is 0 Å². The lowest BCUT2D eigenvalue weighted by molar-refractivity contribution is -0.384. The highest BCUT2D eigenvalue weighted by Gasteiger charge is 2.38. The van der Waals surface area contributed by atoms with Crippen LogP contribution in [0.1, 0.15) is 19.3 Å². The number of non-ortho nitro benzene ring substituents is 1. The van der Waals surface area contributed by atoms with Crippen LogP contribution in [0.3, 0.4) is 0 Å². The SMILES string of the molecule is NC1CCCC2CN(c3ccc([N+](=O)[O-])cc3)CC12. The van der Waals surface area contributed by atoms with Crippen LogP contribution in [0.4, 0.5) is 11.4 Å². The molecule has 5 heteroatoms. The average molecular weight is 261 g/mol. The molecule has 0 spiro atoms. The van der Waals surface area contributed by atoms with Crippen LogP contribution in [-0.4, -0.2) is 24.1 Å². The first-order valence-corrected chi connectivity index (χ1v) is 6.90. The molecule has 3 atom stereocenters. The van der Waals surface area contributed by atoms with E-state index in [4.69, 9.17) is 5.73 Å².